The van der Waals surface area contributed by atoms with Crippen LogP contribution in [0, 0.1) is 30.1 Å². The highest BCUT2D eigenvalue weighted by atomic mass is 16.6. The number of ether oxygens (including phenoxy) is 1. The summed E-state index contributed by atoms with van der Waals surface area (Å²) in [6.07, 6.45) is 10.8. The van der Waals surface area contributed by atoms with E-state index in [1.165, 1.54) is 53.4 Å². The summed E-state index contributed by atoms with van der Waals surface area (Å²) in [5.41, 5.74) is 7.16. The van der Waals surface area contributed by atoms with Crippen molar-refractivity contribution in [2.45, 2.75) is 77.9 Å². The maximum absolute atomic E-state index is 12.9. The Morgan fingerprint density at radius 1 is 1.25 bits per heavy atom. The maximum Gasteiger partial charge on any atom is 0.311 e. The number of aryl methyl sites for hydroxylation is 2. The molecule has 0 amide bonds. The molecule has 1 saturated carbocycles. The monoisotopic (exact) mass is 432 g/mol. The number of carbonyl (C=O) groups is 1. The van der Waals surface area contributed by atoms with Crippen molar-refractivity contribution < 1.29 is 9.53 Å². The van der Waals surface area contributed by atoms with Crippen molar-refractivity contribution in [3.05, 3.63) is 46.7 Å². The fourth-order valence-electron chi connectivity index (χ4n) is 7.33. The second kappa shape index (κ2) is 7.48. The summed E-state index contributed by atoms with van der Waals surface area (Å²) in [7, 11) is 0. The van der Waals surface area contributed by atoms with Gasteiger partial charge in [0.15, 0.2) is 0 Å². The van der Waals surface area contributed by atoms with E-state index in [2.05, 4.69) is 55.3 Å². The fourth-order valence-corrected chi connectivity index (χ4v) is 7.33. The molecule has 0 spiro atoms. The smallest absolute Gasteiger partial charge is 0.311 e. The van der Waals surface area contributed by atoms with Crippen LogP contribution in [0.25, 0.3) is 10.9 Å². The number of benzene rings is 1. The molecule has 2 fully saturated rings. The molecule has 4 heteroatoms. The van der Waals surface area contributed by atoms with Crippen molar-refractivity contribution in [1.82, 2.24) is 10.3 Å². The van der Waals surface area contributed by atoms with Gasteiger partial charge in [0.25, 0.3) is 0 Å². The lowest BCUT2D eigenvalue weighted by Crippen LogP contribution is -2.40. The lowest BCUT2D eigenvalue weighted by Gasteiger charge is -2.46. The topological polar surface area (TPSA) is 54.1 Å². The van der Waals surface area contributed by atoms with Crippen LogP contribution >= 0.6 is 0 Å². The molecule has 2 N–H and O–H groups in total. The number of nitrogens with one attached hydrogen (secondary N) is 2. The maximum atomic E-state index is 12.9. The van der Waals surface area contributed by atoms with Crippen molar-refractivity contribution in [2.75, 3.05) is 6.54 Å². The highest BCUT2D eigenvalue weighted by molar-refractivity contribution is 5.85. The van der Waals surface area contributed by atoms with Crippen LogP contribution in [0.1, 0.15) is 75.2 Å². The second-order valence-corrected chi connectivity index (χ2v) is 11.3. The number of hydrogen-bond donors (Lipinski definition) is 2. The Bertz CT molecular complexity index is 1100. The number of allylic oxidation sites excluding steroid dienone is 1. The standard InChI is InChI=1S/C28H36N2O2/c1-16-9-10-23-19(12-16)18-7-4-8-24(26(18)30-23)29-15-21-20-13-22-17(2)6-5-11-28(22,3)14-25(20)32-27(21)31/h9-10,12-13,17,20-21,24-25,29-30H,4-8,11,14-15H2,1-3H3/t17-,20+,21-,24-,25+,28+/m0/s1. The van der Waals surface area contributed by atoms with E-state index < -0.39 is 0 Å². The second-order valence-electron chi connectivity index (χ2n) is 11.3. The van der Waals surface area contributed by atoms with E-state index in [-0.39, 0.29) is 35.4 Å². The first-order valence-corrected chi connectivity index (χ1v) is 12.7. The van der Waals surface area contributed by atoms with Gasteiger partial charge in [-0.2, -0.15) is 0 Å². The quantitative estimate of drug-likeness (QED) is 0.479. The zero-order chi connectivity index (χ0) is 22.0. The van der Waals surface area contributed by atoms with Crippen LogP contribution < -0.4 is 5.32 Å². The average Bonchev–Trinajstić information content (AvgIpc) is 3.27. The predicted octanol–water partition coefficient (Wildman–Crippen LogP) is 5.76. The lowest BCUT2D eigenvalue weighted by molar-refractivity contribution is -0.145. The van der Waals surface area contributed by atoms with Crippen molar-refractivity contribution in [3.63, 3.8) is 0 Å². The van der Waals surface area contributed by atoms with Gasteiger partial charge >= 0.3 is 5.97 Å². The van der Waals surface area contributed by atoms with Gasteiger partial charge in [-0.25, -0.2) is 0 Å². The first kappa shape index (κ1) is 20.5. The molecule has 1 aromatic carbocycles. The third-order valence-electron chi connectivity index (χ3n) is 9.03. The third-order valence-corrected chi connectivity index (χ3v) is 9.03. The van der Waals surface area contributed by atoms with Gasteiger partial charge < -0.3 is 15.0 Å². The van der Waals surface area contributed by atoms with Crippen molar-refractivity contribution in [2.24, 2.45) is 23.2 Å². The molecule has 2 heterocycles. The summed E-state index contributed by atoms with van der Waals surface area (Å²) in [6, 6.07) is 6.98. The van der Waals surface area contributed by atoms with Crippen LogP contribution in [0.15, 0.2) is 29.8 Å². The molecule has 170 valence electrons. The largest absolute Gasteiger partial charge is 0.461 e. The molecule has 4 aliphatic rings. The Morgan fingerprint density at radius 2 is 2.12 bits per heavy atom. The lowest BCUT2D eigenvalue weighted by atomic mass is 9.59. The van der Waals surface area contributed by atoms with Gasteiger partial charge in [-0.1, -0.05) is 43.5 Å². The summed E-state index contributed by atoms with van der Waals surface area (Å²) in [5.74, 6) is 0.799. The Morgan fingerprint density at radius 3 is 3.00 bits per heavy atom. The number of H-pyrrole nitrogens is 1. The molecule has 1 saturated heterocycles. The van der Waals surface area contributed by atoms with E-state index in [0.717, 1.165) is 19.3 Å². The highest BCUT2D eigenvalue weighted by Gasteiger charge is 2.51. The predicted molar refractivity (Wildman–Crippen MR) is 127 cm³/mol. The van der Waals surface area contributed by atoms with Crippen molar-refractivity contribution in [1.29, 1.82) is 0 Å². The Hall–Kier alpha value is -2.07. The van der Waals surface area contributed by atoms with Gasteiger partial charge in [0.2, 0.25) is 0 Å². The molecular formula is C28H36N2O2. The van der Waals surface area contributed by atoms with E-state index in [4.69, 9.17) is 4.74 Å². The van der Waals surface area contributed by atoms with Gasteiger partial charge in [-0.3, -0.25) is 4.79 Å². The number of hydrogen-bond acceptors (Lipinski definition) is 3. The number of carbonyl (C=O) groups excluding carboxylic acids is 1. The van der Waals surface area contributed by atoms with Gasteiger partial charge in [0.1, 0.15) is 6.10 Å². The summed E-state index contributed by atoms with van der Waals surface area (Å²) < 4.78 is 5.97. The number of aromatic nitrogens is 1. The van der Waals surface area contributed by atoms with Crippen molar-refractivity contribution >= 4 is 16.9 Å². The molecule has 2 aromatic rings. The fraction of sp³-hybridized carbons (Fsp3) is 0.607. The summed E-state index contributed by atoms with van der Waals surface area (Å²) in [6.45, 7) is 7.63. The van der Waals surface area contributed by atoms with Gasteiger partial charge in [0.05, 0.1) is 5.92 Å². The molecule has 1 aromatic heterocycles. The first-order chi connectivity index (χ1) is 15.4. The summed E-state index contributed by atoms with van der Waals surface area (Å²) >= 11 is 0. The number of fused-ring (bicyclic) bond motifs is 5. The molecule has 32 heavy (non-hydrogen) atoms. The van der Waals surface area contributed by atoms with E-state index in [1.807, 2.05) is 0 Å². The Balaban J connectivity index is 1.24. The van der Waals surface area contributed by atoms with Gasteiger partial charge in [0, 0.05) is 35.1 Å². The molecule has 6 atom stereocenters. The van der Waals surface area contributed by atoms with E-state index in [9.17, 15) is 4.79 Å². The molecular weight excluding hydrogens is 396 g/mol. The van der Waals surface area contributed by atoms with Crippen LogP contribution in [0.3, 0.4) is 0 Å². The third kappa shape index (κ3) is 3.17. The van der Waals surface area contributed by atoms with Crippen LogP contribution in [0.5, 0.6) is 0 Å². The van der Waals surface area contributed by atoms with Crippen LogP contribution in [-0.4, -0.2) is 23.6 Å². The van der Waals surface area contributed by atoms with Crippen LogP contribution in [0.2, 0.25) is 0 Å². The zero-order valence-electron chi connectivity index (χ0n) is 19.7. The molecule has 6 rings (SSSR count). The molecule has 3 aliphatic carbocycles. The molecule has 4 nitrogen and oxygen atoms in total. The van der Waals surface area contributed by atoms with Crippen LogP contribution in [0.4, 0.5) is 0 Å². The number of aromatic amines is 1. The molecule has 0 unspecified atom stereocenters. The van der Waals surface area contributed by atoms with E-state index in [1.54, 1.807) is 5.57 Å². The minimum Gasteiger partial charge on any atom is -0.461 e. The van der Waals surface area contributed by atoms with Gasteiger partial charge in [-0.15, -0.1) is 0 Å². The minimum atomic E-state index is -0.0665. The average molecular weight is 433 g/mol. The number of rotatable bonds is 3. The van der Waals surface area contributed by atoms with Crippen molar-refractivity contribution in [3.8, 4) is 0 Å². The molecule has 0 radical (unpaired) electrons. The summed E-state index contributed by atoms with van der Waals surface area (Å²) in [4.78, 5) is 16.6. The Labute approximate surface area is 191 Å². The molecule has 0 bridgehead atoms. The Kier molecular flexibility index (Phi) is 4.80. The molecule has 1 aliphatic heterocycles. The normalized spacial score (nSPS) is 36.3. The van der Waals surface area contributed by atoms with E-state index >= 15 is 0 Å². The highest BCUT2D eigenvalue weighted by Crippen LogP contribution is 2.54. The minimum absolute atomic E-state index is 0.00237. The van der Waals surface area contributed by atoms with E-state index in [0.29, 0.717) is 12.5 Å². The first-order valence-electron chi connectivity index (χ1n) is 12.7. The zero-order valence-corrected chi connectivity index (χ0v) is 19.7. The van der Waals surface area contributed by atoms with Crippen LogP contribution in [-0.2, 0) is 16.0 Å². The summed E-state index contributed by atoms with van der Waals surface area (Å²) in [5, 5.41) is 5.16. The number of esters is 1. The SMILES string of the molecule is Cc1ccc2[nH]c3c(c2c1)CCC[C@@H]3NC[C@@H]1C(=O)O[C@@H]2C[C@@]3(C)CCC[C@H](C)C3=C[C@H]12. The van der Waals surface area contributed by atoms with Gasteiger partial charge in [-0.05, 0) is 74.5 Å².